The Hall–Kier alpha value is -2.14. The van der Waals surface area contributed by atoms with Crippen LogP contribution in [-0.4, -0.2) is 41.6 Å². The minimum Gasteiger partial charge on any atom is -0.356 e. The Bertz CT molecular complexity index is 675. The lowest BCUT2D eigenvalue weighted by Crippen LogP contribution is -2.33. The Balaban J connectivity index is 1.45. The summed E-state index contributed by atoms with van der Waals surface area (Å²) in [6.45, 7) is 4.16. The van der Waals surface area contributed by atoms with Gasteiger partial charge in [-0.05, 0) is 75.3 Å². The van der Waals surface area contributed by atoms with Gasteiger partial charge in [0.15, 0.2) is 0 Å². The zero-order valence-corrected chi connectivity index (χ0v) is 14.6. The Labute approximate surface area is 148 Å². The van der Waals surface area contributed by atoms with Crippen LogP contribution in [-0.2, 0) is 11.2 Å². The largest absolute Gasteiger partial charge is 0.356 e. The third-order valence-electron chi connectivity index (χ3n) is 4.70. The van der Waals surface area contributed by atoms with Crippen molar-refractivity contribution in [3.05, 3.63) is 54.1 Å². The molecule has 0 spiro atoms. The molecule has 25 heavy (non-hydrogen) atoms. The van der Waals surface area contributed by atoms with Crippen LogP contribution in [0.3, 0.4) is 0 Å². The molecule has 0 bridgehead atoms. The van der Waals surface area contributed by atoms with Crippen LogP contribution in [0.4, 0.5) is 4.39 Å². The SMILES string of the molecule is O=C(Cc1cccn1-c1ccc(F)cc1)NCCCN1CCCCC1. The topological polar surface area (TPSA) is 37.3 Å². The van der Waals surface area contributed by atoms with Crippen molar-refractivity contribution in [2.45, 2.75) is 32.1 Å². The summed E-state index contributed by atoms with van der Waals surface area (Å²) in [6, 6.07) is 10.1. The molecule has 1 aliphatic heterocycles. The molecule has 1 N–H and O–H groups in total. The molecule has 0 saturated carbocycles. The summed E-state index contributed by atoms with van der Waals surface area (Å²) in [4.78, 5) is 14.7. The summed E-state index contributed by atoms with van der Waals surface area (Å²) >= 11 is 0. The van der Waals surface area contributed by atoms with Gasteiger partial charge in [0.05, 0.1) is 6.42 Å². The normalized spacial score (nSPS) is 15.2. The van der Waals surface area contributed by atoms with Gasteiger partial charge < -0.3 is 14.8 Å². The molecular weight excluding hydrogens is 317 g/mol. The van der Waals surface area contributed by atoms with Crippen LogP contribution in [0.1, 0.15) is 31.4 Å². The highest BCUT2D eigenvalue weighted by atomic mass is 19.1. The maximum Gasteiger partial charge on any atom is 0.225 e. The van der Waals surface area contributed by atoms with Gasteiger partial charge in [0.1, 0.15) is 5.82 Å². The predicted molar refractivity (Wildman–Crippen MR) is 97.3 cm³/mol. The van der Waals surface area contributed by atoms with E-state index in [4.69, 9.17) is 0 Å². The molecule has 0 unspecified atom stereocenters. The number of carbonyl (C=O) groups excluding carboxylic acids is 1. The van der Waals surface area contributed by atoms with Crippen LogP contribution in [0.5, 0.6) is 0 Å². The average Bonchev–Trinajstić information content (AvgIpc) is 3.08. The van der Waals surface area contributed by atoms with Gasteiger partial charge in [-0.1, -0.05) is 6.42 Å². The lowest BCUT2D eigenvalue weighted by Gasteiger charge is -2.26. The number of likely N-dealkylation sites (tertiary alicyclic amines) is 1. The Morgan fingerprint density at radius 3 is 2.60 bits per heavy atom. The van der Waals surface area contributed by atoms with E-state index >= 15 is 0 Å². The summed E-state index contributed by atoms with van der Waals surface area (Å²) in [5.41, 5.74) is 1.76. The molecule has 3 rings (SSSR count). The molecule has 1 aromatic heterocycles. The number of halogens is 1. The van der Waals surface area contributed by atoms with Gasteiger partial charge in [0.2, 0.25) is 5.91 Å². The van der Waals surface area contributed by atoms with Crippen molar-refractivity contribution in [3.8, 4) is 5.69 Å². The van der Waals surface area contributed by atoms with E-state index in [0.717, 1.165) is 24.3 Å². The van der Waals surface area contributed by atoms with E-state index in [0.29, 0.717) is 13.0 Å². The minimum absolute atomic E-state index is 0.0284. The summed E-state index contributed by atoms with van der Waals surface area (Å²) in [6.07, 6.45) is 7.16. The summed E-state index contributed by atoms with van der Waals surface area (Å²) in [5, 5.41) is 3.01. The molecule has 1 aliphatic rings. The zero-order valence-electron chi connectivity index (χ0n) is 14.6. The average molecular weight is 343 g/mol. The van der Waals surface area contributed by atoms with Crippen molar-refractivity contribution in [2.24, 2.45) is 0 Å². The number of nitrogens with one attached hydrogen (secondary N) is 1. The number of hydrogen-bond donors (Lipinski definition) is 1. The second-order valence-electron chi connectivity index (χ2n) is 6.63. The molecule has 5 heteroatoms. The quantitative estimate of drug-likeness (QED) is 0.784. The highest BCUT2D eigenvalue weighted by Crippen LogP contribution is 2.14. The highest BCUT2D eigenvalue weighted by Gasteiger charge is 2.11. The number of piperidine rings is 1. The lowest BCUT2D eigenvalue weighted by molar-refractivity contribution is -0.120. The van der Waals surface area contributed by atoms with E-state index in [1.165, 1.54) is 44.5 Å². The van der Waals surface area contributed by atoms with Crippen molar-refractivity contribution in [2.75, 3.05) is 26.2 Å². The molecule has 134 valence electrons. The van der Waals surface area contributed by atoms with Crippen molar-refractivity contribution in [3.63, 3.8) is 0 Å². The molecule has 0 atom stereocenters. The zero-order chi connectivity index (χ0) is 17.5. The van der Waals surface area contributed by atoms with Gasteiger partial charge in [0.25, 0.3) is 0 Å². The van der Waals surface area contributed by atoms with Crippen molar-refractivity contribution in [1.82, 2.24) is 14.8 Å². The second kappa shape index (κ2) is 8.81. The fourth-order valence-electron chi connectivity index (χ4n) is 3.35. The van der Waals surface area contributed by atoms with Gasteiger partial charge >= 0.3 is 0 Å². The van der Waals surface area contributed by atoms with Crippen LogP contribution in [0.15, 0.2) is 42.6 Å². The van der Waals surface area contributed by atoms with E-state index in [2.05, 4.69) is 10.2 Å². The minimum atomic E-state index is -0.260. The maximum absolute atomic E-state index is 13.1. The molecular formula is C20H26FN3O. The van der Waals surface area contributed by atoms with Crippen molar-refractivity contribution < 1.29 is 9.18 Å². The third-order valence-corrected chi connectivity index (χ3v) is 4.70. The summed E-state index contributed by atoms with van der Waals surface area (Å²) in [7, 11) is 0. The van der Waals surface area contributed by atoms with E-state index in [1.54, 1.807) is 12.1 Å². The maximum atomic E-state index is 13.1. The van der Waals surface area contributed by atoms with E-state index in [9.17, 15) is 9.18 Å². The van der Waals surface area contributed by atoms with Crippen LogP contribution >= 0.6 is 0 Å². The number of benzene rings is 1. The van der Waals surface area contributed by atoms with Crippen LogP contribution < -0.4 is 5.32 Å². The standard InChI is InChI=1S/C20H26FN3O/c21-17-7-9-18(10-8-17)24-15-4-6-19(24)16-20(25)22-11-5-14-23-12-2-1-3-13-23/h4,6-10,15H,1-3,5,11-14,16H2,(H,22,25). The summed E-state index contributed by atoms with van der Waals surface area (Å²) in [5.74, 6) is -0.232. The Morgan fingerprint density at radius 2 is 1.84 bits per heavy atom. The fourth-order valence-corrected chi connectivity index (χ4v) is 3.35. The monoisotopic (exact) mass is 343 g/mol. The first-order valence-electron chi connectivity index (χ1n) is 9.13. The summed E-state index contributed by atoms with van der Waals surface area (Å²) < 4.78 is 15.0. The Kier molecular flexibility index (Phi) is 6.23. The predicted octanol–water partition coefficient (Wildman–Crippen LogP) is 3.15. The smallest absolute Gasteiger partial charge is 0.225 e. The molecule has 0 radical (unpaired) electrons. The van der Waals surface area contributed by atoms with E-state index in [-0.39, 0.29) is 11.7 Å². The van der Waals surface area contributed by atoms with Gasteiger partial charge in [-0.2, -0.15) is 0 Å². The first-order chi connectivity index (χ1) is 12.2. The first-order valence-corrected chi connectivity index (χ1v) is 9.13. The molecule has 1 saturated heterocycles. The molecule has 2 aromatic rings. The lowest BCUT2D eigenvalue weighted by atomic mass is 10.1. The van der Waals surface area contributed by atoms with Gasteiger partial charge in [0, 0.05) is 24.1 Å². The molecule has 1 aromatic carbocycles. The van der Waals surface area contributed by atoms with Crippen LogP contribution in [0, 0.1) is 5.82 Å². The number of hydrogen-bond acceptors (Lipinski definition) is 2. The molecule has 4 nitrogen and oxygen atoms in total. The number of amides is 1. The second-order valence-corrected chi connectivity index (χ2v) is 6.63. The number of rotatable bonds is 7. The first kappa shape index (κ1) is 17.7. The number of carbonyl (C=O) groups is 1. The van der Waals surface area contributed by atoms with E-state index in [1.807, 2.05) is 22.9 Å². The molecule has 2 heterocycles. The Morgan fingerprint density at radius 1 is 1.08 bits per heavy atom. The molecule has 0 aliphatic carbocycles. The van der Waals surface area contributed by atoms with E-state index < -0.39 is 0 Å². The third kappa shape index (κ3) is 5.16. The van der Waals surface area contributed by atoms with Gasteiger partial charge in [-0.25, -0.2) is 4.39 Å². The van der Waals surface area contributed by atoms with Gasteiger partial charge in [-0.15, -0.1) is 0 Å². The number of aromatic nitrogens is 1. The molecule has 1 amide bonds. The van der Waals surface area contributed by atoms with Crippen LogP contribution in [0.25, 0.3) is 5.69 Å². The van der Waals surface area contributed by atoms with Gasteiger partial charge in [-0.3, -0.25) is 4.79 Å². The van der Waals surface area contributed by atoms with Crippen molar-refractivity contribution >= 4 is 5.91 Å². The van der Waals surface area contributed by atoms with Crippen molar-refractivity contribution in [1.29, 1.82) is 0 Å². The fraction of sp³-hybridized carbons (Fsp3) is 0.450. The molecule has 1 fully saturated rings. The van der Waals surface area contributed by atoms with Crippen LogP contribution in [0.2, 0.25) is 0 Å². The highest BCUT2D eigenvalue weighted by molar-refractivity contribution is 5.78. The number of nitrogens with zero attached hydrogens (tertiary/aromatic N) is 2.